The van der Waals surface area contributed by atoms with Gasteiger partial charge in [0.1, 0.15) is 0 Å². The molecule has 0 aliphatic heterocycles. The van der Waals surface area contributed by atoms with Crippen molar-refractivity contribution in [3.05, 3.63) is 0 Å². The fraction of sp³-hybridized carbons (Fsp3) is 0.778. The quantitative estimate of drug-likeness (QED) is 0.208. The second-order valence-corrected chi connectivity index (χ2v) is 5.34. The Labute approximate surface area is 134 Å². The summed E-state index contributed by atoms with van der Waals surface area (Å²) < 4.78 is 16.3. The minimum atomic E-state index is -1.65. The van der Waals surface area contributed by atoms with E-state index >= 15 is 0 Å². The number of carbonyl (C=O) groups excluding carboxylic acids is 2. The molecule has 0 heterocycles. The number of carbonyl (C=O) groups is 2. The molecule has 0 fully saturated rings. The third-order valence-corrected chi connectivity index (χ3v) is 3.17. The van der Waals surface area contributed by atoms with Crippen LogP contribution in [0.15, 0.2) is 0 Å². The largest absolute Gasteiger partial charge is 1.00 e. The molecule has 1 N–H and O–H groups in total. The van der Waals surface area contributed by atoms with Gasteiger partial charge in [0, 0.05) is 19.2 Å². The van der Waals surface area contributed by atoms with Crippen LogP contribution in [0.4, 0.5) is 0 Å². The molecule has 2 unspecified atom stereocenters. The molecule has 0 rings (SSSR count). The fourth-order valence-electron chi connectivity index (χ4n) is 1.05. The van der Waals surface area contributed by atoms with Crippen molar-refractivity contribution in [3.8, 4) is 0 Å². The molecular weight excluding hydrogens is 292 g/mol. The molecular formula is C9H15ClNNaO5P+. The van der Waals surface area contributed by atoms with Crippen LogP contribution in [0.25, 0.3) is 0 Å². The average molecular weight is 307 g/mol. The zero-order valence-corrected chi connectivity index (χ0v) is 14.1. The van der Waals surface area contributed by atoms with Crippen LogP contribution >= 0.6 is 19.4 Å². The van der Waals surface area contributed by atoms with Crippen molar-refractivity contribution in [1.29, 1.82) is 0 Å². The SMILES string of the molecule is CC(=O)NC(CC[P+](=O)COCCCl)C(=O)[O-].[Na+]. The summed E-state index contributed by atoms with van der Waals surface area (Å²) in [5, 5.41) is 12.8. The van der Waals surface area contributed by atoms with E-state index in [-0.39, 0.29) is 48.5 Å². The molecule has 6 nitrogen and oxygen atoms in total. The number of nitrogens with one attached hydrogen (secondary N) is 1. The Balaban J connectivity index is 0. The first-order valence-electron chi connectivity index (χ1n) is 5.01. The standard InChI is InChI=1S/C9H15ClNO5P.Na/c1-7(12)11-8(9(13)14)2-5-17(15)6-16-4-3-10;/h8H,2-6H2,1H3,(H-,11,12,13,14);/q;+1. The van der Waals surface area contributed by atoms with Crippen molar-refractivity contribution in [1.82, 2.24) is 5.32 Å². The van der Waals surface area contributed by atoms with Crippen LogP contribution in [0.2, 0.25) is 0 Å². The Morgan fingerprint density at radius 2 is 2.11 bits per heavy atom. The van der Waals surface area contributed by atoms with Gasteiger partial charge in [-0.15, -0.1) is 11.6 Å². The van der Waals surface area contributed by atoms with Gasteiger partial charge in [-0.2, -0.15) is 0 Å². The summed E-state index contributed by atoms with van der Waals surface area (Å²) in [6, 6.07) is -1.11. The van der Waals surface area contributed by atoms with Gasteiger partial charge >= 0.3 is 37.4 Å². The Morgan fingerprint density at radius 3 is 2.56 bits per heavy atom. The number of ether oxygens (including phenoxy) is 1. The van der Waals surface area contributed by atoms with Gasteiger partial charge in [0.2, 0.25) is 12.3 Å². The minimum absolute atomic E-state index is 0. The number of carboxylic acids is 1. The molecule has 0 aromatic rings. The summed E-state index contributed by atoms with van der Waals surface area (Å²) in [4.78, 5) is 21.3. The second kappa shape index (κ2) is 12.3. The molecule has 0 aliphatic rings. The summed E-state index contributed by atoms with van der Waals surface area (Å²) in [6.07, 6.45) is 0.250. The first-order valence-corrected chi connectivity index (χ1v) is 7.17. The first kappa shape index (κ1) is 20.6. The minimum Gasteiger partial charge on any atom is -0.548 e. The number of carboxylic acid groups (broad SMARTS) is 1. The Morgan fingerprint density at radius 1 is 1.50 bits per heavy atom. The van der Waals surface area contributed by atoms with E-state index in [1.54, 1.807) is 0 Å². The van der Waals surface area contributed by atoms with E-state index in [0.29, 0.717) is 12.5 Å². The van der Waals surface area contributed by atoms with Gasteiger partial charge in [-0.3, -0.25) is 4.79 Å². The number of rotatable bonds is 9. The summed E-state index contributed by atoms with van der Waals surface area (Å²) in [5.41, 5.74) is 0. The smallest absolute Gasteiger partial charge is 0.548 e. The van der Waals surface area contributed by atoms with Crippen LogP contribution in [0.1, 0.15) is 13.3 Å². The van der Waals surface area contributed by atoms with Gasteiger partial charge in [-0.25, -0.2) is 0 Å². The number of alkyl halides is 1. The summed E-state index contributed by atoms with van der Waals surface area (Å²) in [7, 11) is -1.65. The molecule has 0 aromatic carbocycles. The molecule has 0 aliphatic carbocycles. The van der Waals surface area contributed by atoms with Gasteiger partial charge in [0.15, 0.2) is 6.16 Å². The maximum atomic E-state index is 11.4. The van der Waals surface area contributed by atoms with Crippen molar-refractivity contribution in [2.45, 2.75) is 19.4 Å². The van der Waals surface area contributed by atoms with E-state index < -0.39 is 25.7 Å². The molecule has 98 valence electrons. The molecule has 9 heteroatoms. The predicted molar refractivity (Wildman–Crippen MR) is 61.2 cm³/mol. The van der Waals surface area contributed by atoms with Crippen molar-refractivity contribution >= 4 is 31.3 Å². The maximum Gasteiger partial charge on any atom is 1.00 e. The average Bonchev–Trinajstić information content (AvgIpc) is 2.23. The number of hydrogen-bond acceptors (Lipinski definition) is 5. The second-order valence-electron chi connectivity index (χ2n) is 3.29. The van der Waals surface area contributed by atoms with Crippen molar-refractivity contribution < 1.29 is 53.6 Å². The topological polar surface area (TPSA) is 95.5 Å². The van der Waals surface area contributed by atoms with Gasteiger partial charge in [-0.05, 0) is 0 Å². The van der Waals surface area contributed by atoms with Crippen LogP contribution in [0.5, 0.6) is 0 Å². The number of hydrogen-bond donors (Lipinski definition) is 1. The Hall–Kier alpha value is 0.290. The zero-order chi connectivity index (χ0) is 13.3. The van der Waals surface area contributed by atoms with E-state index in [4.69, 9.17) is 16.3 Å². The summed E-state index contributed by atoms with van der Waals surface area (Å²) in [6.45, 7) is 1.51. The van der Waals surface area contributed by atoms with Gasteiger partial charge in [0.25, 0.3) is 0 Å². The van der Waals surface area contributed by atoms with E-state index in [9.17, 15) is 19.3 Å². The van der Waals surface area contributed by atoms with Gasteiger partial charge in [0.05, 0.1) is 18.6 Å². The molecule has 1 amide bonds. The van der Waals surface area contributed by atoms with Gasteiger partial charge in [-0.1, -0.05) is 4.57 Å². The number of amides is 1. The van der Waals surface area contributed by atoms with E-state index in [1.807, 2.05) is 0 Å². The van der Waals surface area contributed by atoms with Crippen LogP contribution in [-0.4, -0.2) is 42.9 Å². The molecule has 0 saturated carbocycles. The number of aliphatic carboxylic acids is 1. The molecule has 18 heavy (non-hydrogen) atoms. The maximum absolute atomic E-state index is 11.4. The Bertz CT molecular complexity index is 292. The van der Waals surface area contributed by atoms with Crippen molar-refractivity contribution in [2.24, 2.45) is 0 Å². The molecule has 0 saturated heterocycles. The summed E-state index contributed by atoms with van der Waals surface area (Å²) >= 11 is 5.36. The Kier molecular flexibility index (Phi) is 14.1. The fourth-order valence-corrected chi connectivity index (χ4v) is 2.17. The first-order chi connectivity index (χ1) is 7.97. The third kappa shape index (κ3) is 11.4. The van der Waals surface area contributed by atoms with Crippen molar-refractivity contribution in [3.63, 3.8) is 0 Å². The van der Waals surface area contributed by atoms with Crippen LogP contribution in [0.3, 0.4) is 0 Å². The van der Waals surface area contributed by atoms with Crippen molar-refractivity contribution in [2.75, 3.05) is 25.0 Å². The predicted octanol–water partition coefficient (Wildman–Crippen LogP) is -3.32. The molecule has 0 spiro atoms. The van der Waals surface area contributed by atoms with E-state index in [0.717, 1.165) is 0 Å². The molecule has 2 atom stereocenters. The normalized spacial score (nSPS) is 12.2. The van der Waals surface area contributed by atoms with Crippen LogP contribution < -0.4 is 40.0 Å². The molecule has 0 radical (unpaired) electrons. The van der Waals surface area contributed by atoms with Gasteiger partial charge < -0.3 is 20.0 Å². The summed E-state index contributed by atoms with van der Waals surface area (Å²) in [5.74, 6) is -1.53. The zero-order valence-electron chi connectivity index (χ0n) is 10.5. The van der Waals surface area contributed by atoms with E-state index in [2.05, 4.69) is 5.32 Å². The molecule has 0 aromatic heterocycles. The van der Waals surface area contributed by atoms with Crippen LogP contribution in [0, 0.1) is 0 Å². The van der Waals surface area contributed by atoms with E-state index in [1.165, 1.54) is 6.92 Å². The third-order valence-electron chi connectivity index (χ3n) is 1.79. The number of halogens is 1. The monoisotopic (exact) mass is 306 g/mol. The molecule has 0 bridgehead atoms. The van der Waals surface area contributed by atoms with Crippen LogP contribution in [-0.2, 0) is 18.9 Å².